The van der Waals surface area contributed by atoms with Gasteiger partial charge in [0.15, 0.2) is 0 Å². The maximum Gasteiger partial charge on any atom is 0.303 e. The highest BCUT2D eigenvalue weighted by Gasteiger charge is 2.74. The zero-order chi connectivity index (χ0) is 19.4. The van der Waals surface area contributed by atoms with Gasteiger partial charge in [0, 0.05) is 66.2 Å². The van der Waals surface area contributed by atoms with Crippen molar-refractivity contribution in [1.29, 1.82) is 0 Å². The summed E-state index contributed by atoms with van der Waals surface area (Å²) in [4.78, 5) is 47.1. The van der Waals surface area contributed by atoms with E-state index in [4.69, 9.17) is 18.9 Å². The van der Waals surface area contributed by atoms with Gasteiger partial charge in [-0.3, -0.25) is 19.2 Å². The van der Waals surface area contributed by atoms with E-state index in [-0.39, 0.29) is 0 Å². The molecule has 4 saturated carbocycles. The smallest absolute Gasteiger partial charge is 0.303 e. The Bertz CT molecular complexity index is 529. The number of hydrogen-bond donors (Lipinski definition) is 0. The molecule has 0 aromatic rings. The third kappa shape index (κ3) is 3.29. The van der Waals surface area contributed by atoms with Gasteiger partial charge in [0.25, 0.3) is 0 Å². The van der Waals surface area contributed by atoms with Crippen molar-refractivity contribution in [2.24, 2.45) is 0 Å². The minimum Gasteiger partial charge on any atom is -0.459 e. The summed E-state index contributed by atoms with van der Waals surface area (Å²) in [5.41, 5.74) is -4.05. The molecule has 0 aromatic heterocycles. The van der Waals surface area contributed by atoms with Crippen LogP contribution in [0, 0.1) is 0 Å². The van der Waals surface area contributed by atoms with E-state index in [0.29, 0.717) is 38.5 Å². The fourth-order valence-corrected chi connectivity index (χ4v) is 5.93. The Morgan fingerprint density at radius 2 is 0.615 bits per heavy atom. The molecule has 0 heterocycles. The molecule has 0 atom stereocenters. The molecule has 8 nitrogen and oxygen atoms in total. The summed E-state index contributed by atoms with van der Waals surface area (Å²) in [6.07, 6.45) is 1.78. The van der Waals surface area contributed by atoms with Crippen molar-refractivity contribution in [3.63, 3.8) is 0 Å². The average Bonchev–Trinajstić information content (AvgIpc) is 2.28. The first-order valence-corrected chi connectivity index (χ1v) is 8.69. The first kappa shape index (κ1) is 18.7. The van der Waals surface area contributed by atoms with Crippen molar-refractivity contribution in [3.8, 4) is 0 Å². The van der Waals surface area contributed by atoms with Crippen LogP contribution < -0.4 is 0 Å². The molecule has 0 radical (unpaired) electrons. The SMILES string of the molecule is CC(=O)OC12CC3(OC(C)=O)CC(OC(C)=O)(C1)CC(OC(C)=O)(C2)C3. The van der Waals surface area contributed by atoms with Gasteiger partial charge < -0.3 is 18.9 Å². The first-order chi connectivity index (χ1) is 11.9. The molecule has 0 N–H and O–H groups in total. The molecule has 0 unspecified atom stereocenters. The van der Waals surface area contributed by atoms with E-state index in [2.05, 4.69) is 0 Å². The van der Waals surface area contributed by atoms with Crippen LogP contribution in [0.15, 0.2) is 0 Å². The summed E-state index contributed by atoms with van der Waals surface area (Å²) in [6, 6.07) is 0. The maximum absolute atomic E-state index is 11.8. The topological polar surface area (TPSA) is 105 Å². The van der Waals surface area contributed by atoms with E-state index in [1.54, 1.807) is 0 Å². The summed E-state index contributed by atoms with van der Waals surface area (Å²) in [5.74, 6) is -1.94. The lowest BCUT2D eigenvalue weighted by molar-refractivity contribution is -0.307. The number of carbonyl (C=O) groups excluding carboxylic acids is 4. The minimum absolute atomic E-state index is 0.297. The summed E-state index contributed by atoms with van der Waals surface area (Å²) >= 11 is 0. The molecule has 26 heavy (non-hydrogen) atoms. The summed E-state index contributed by atoms with van der Waals surface area (Å²) in [7, 11) is 0. The predicted molar refractivity (Wildman–Crippen MR) is 85.7 cm³/mol. The number of ether oxygens (including phenoxy) is 4. The van der Waals surface area contributed by atoms with Crippen molar-refractivity contribution < 1.29 is 38.1 Å². The molecule has 8 heteroatoms. The Kier molecular flexibility index (Phi) is 4.08. The summed E-state index contributed by atoms with van der Waals surface area (Å²) in [6.45, 7) is 5.20. The van der Waals surface area contributed by atoms with Crippen LogP contribution >= 0.6 is 0 Å². The summed E-state index contributed by atoms with van der Waals surface area (Å²) in [5, 5.41) is 0. The van der Waals surface area contributed by atoms with Gasteiger partial charge in [-0.25, -0.2) is 0 Å². The first-order valence-electron chi connectivity index (χ1n) is 8.69. The van der Waals surface area contributed by atoms with Gasteiger partial charge in [-0.1, -0.05) is 0 Å². The minimum atomic E-state index is -1.01. The predicted octanol–water partition coefficient (Wildman–Crippen LogP) is 1.58. The Labute approximate surface area is 151 Å². The number of rotatable bonds is 4. The normalized spacial score (nSPS) is 39.8. The van der Waals surface area contributed by atoms with Crippen molar-refractivity contribution >= 4 is 23.9 Å². The zero-order valence-electron chi connectivity index (χ0n) is 15.5. The zero-order valence-corrected chi connectivity index (χ0v) is 15.5. The molecule has 0 amide bonds. The Hall–Kier alpha value is -2.12. The van der Waals surface area contributed by atoms with E-state index in [0.717, 1.165) is 0 Å². The van der Waals surface area contributed by atoms with Crippen molar-refractivity contribution in [2.45, 2.75) is 88.6 Å². The molecule has 144 valence electrons. The van der Waals surface area contributed by atoms with Gasteiger partial charge in [0.2, 0.25) is 0 Å². The molecule has 4 aliphatic carbocycles. The number of carbonyl (C=O) groups is 4. The molecule has 4 fully saturated rings. The van der Waals surface area contributed by atoms with Crippen LogP contribution in [0.2, 0.25) is 0 Å². The quantitative estimate of drug-likeness (QED) is 0.544. The third-order valence-corrected chi connectivity index (χ3v) is 5.31. The molecule has 0 aliphatic heterocycles. The standard InChI is InChI=1S/C18H24O8/c1-11(19)23-15-5-16(24-12(2)20)8-17(6-15,25-13(3)21)10-18(7-15,9-16)26-14(4)22/h5-10H2,1-4H3. The van der Waals surface area contributed by atoms with Gasteiger partial charge >= 0.3 is 23.9 Å². The Morgan fingerprint density at radius 3 is 0.731 bits per heavy atom. The molecule has 0 spiro atoms. The van der Waals surface area contributed by atoms with Crippen molar-refractivity contribution in [1.82, 2.24) is 0 Å². The van der Waals surface area contributed by atoms with E-state index in [1.807, 2.05) is 0 Å². The monoisotopic (exact) mass is 368 g/mol. The summed E-state index contributed by atoms with van der Waals surface area (Å²) < 4.78 is 22.6. The van der Waals surface area contributed by atoms with E-state index in [9.17, 15) is 19.2 Å². The van der Waals surface area contributed by atoms with Crippen molar-refractivity contribution in [3.05, 3.63) is 0 Å². The van der Waals surface area contributed by atoms with Crippen LogP contribution in [0.25, 0.3) is 0 Å². The van der Waals surface area contributed by atoms with Gasteiger partial charge in [-0.15, -0.1) is 0 Å². The Morgan fingerprint density at radius 1 is 0.462 bits per heavy atom. The van der Waals surface area contributed by atoms with Crippen LogP contribution in [0.4, 0.5) is 0 Å². The molecule has 4 aliphatic rings. The molecular weight excluding hydrogens is 344 g/mol. The molecule has 4 bridgehead atoms. The van der Waals surface area contributed by atoms with Gasteiger partial charge in [0.05, 0.1) is 0 Å². The number of esters is 4. The highest BCUT2D eigenvalue weighted by molar-refractivity contribution is 5.70. The molecule has 4 rings (SSSR count). The molecule has 0 aromatic carbocycles. The second-order valence-electron chi connectivity index (χ2n) is 8.17. The number of hydrogen-bond acceptors (Lipinski definition) is 8. The lowest BCUT2D eigenvalue weighted by Gasteiger charge is -2.66. The van der Waals surface area contributed by atoms with Crippen LogP contribution in [0.3, 0.4) is 0 Å². The van der Waals surface area contributed by atoms with Gasteiger partial charge in [-0.05, 0) is 0 Å². The van der Waals surface area contributed by atoms with Crippen LogP contribution in [0.1, 0.15) is 66.2 Å². The Balaban J connectivity index is 2.10. The second-order valence-corrected chi connectivity index (χ2v) is 8.17. The highest BCUT2D eigenvalue weighted by Crippen LogP contribution is 2.65. The van der Waals surface area contributed by atoms with E-state index < -0.39 is 46.3 Å². The van der Waals surface area contributed by atoms with Gasteiger partial charge in [0.1, 0.15) is 22.4 Å². The fraction of sp³-hybridized carbons (Fsp3) is 0.778. The fourth-order valence-electron chi connectivity index (χ4n) is 5.93. The third-order valence-electron chi connectivity index (χ3n) is 5.31. The van der Waals surface area contributed by atoms with Gasteiger partial charge in [-0.2, -0.15) is 0 Å². The largest absolute Gasteiger partial charge is 0.459 e. The van der Waals surface area contributed by atoms with Crippen LogP contribution in [-0.2, 0) is 38.1 Å². The average molecular weight is 368 g/mol. The maximum atomic E-state index is 11.8. The van der Waals surface area contributed by atoms with E-state index in [1.165, 1.54) is 27.7 Å². The lowest BCUT2D eigenvalue weighted by atomic mass is 9.48. The second kappa shape index (κ2) is 5.69. The molecular formula is C18H24O8. The van der Waals surface area contributed by atoms with Crippen molar-refractivity contribution in [2.75, 3.05) is 0 Å². The van der Waals surface area contributed by atoms with Crippen LogP contribution in [-0.4, -0.2) is 46.3 Å². The molecule has 0 saturated heterocycles. The highest BCUT2D eigenvalue weighted by atomic mass is 16.6. The lowest BCUT2D eigenvalue weighted by Crippen LogP contribution is -2.74. The van der Waals surface area contributed by atoms with Crippen LogP contribution in [0.5, 0.6) is 0 Å². The van der Waals surface area contributed by atoms with E-state index >= 15 is 0 Å².